The van der Waals surface area contributed by atoms with Gasteiger partial charge in [0, 0.05) is 0 Å². The van der Waals surface area contributed by atoms with Crippen LogP contribution in [0.25, 0.3) is 43.8 Å². The molecular weight excluding hydrogens is 384 g/mol. The quantitative estimate of drug-likeness (QED) is 0.268. The van der Waals surface area contributed by atoms with Gasteiger partial charge in [0.15, 0.2) is 0 Å². The lowest BCUT2D eigenvalue weighted by Crippen LogP contribution is -1.83. The monoisotopic (exact) mass is 408 g/mol. The molecule has 0 radical (unpaired) electrons. The van der Waals surface area contributed by atoms with E-state index in [0.717, 1.165) is 0 Å². The highest BCUT2D eigenvalue weighted by molar-refractivity contribution is 6.05. The predicted octanol–water partition coefficient (Wildman–Crippen LogP) is 9.01. The van der Waals surface area contributed by atoms with Crippen molar-refractivity contribution in [1.82, 2.24) is 0 Å². The molecule has 0 saturated carbocycles. The number of fused-ring (bicyclic) bond motifs is 2. The first-order chi connectivity index (χ1) is 15.9. The van der Waals surface area contributed by atoms with Gasteiger partial charge in [-0.25, -0.2) is 0 Å². The normalized spacial score (nSPS) is 10.5. The first-order valence-electron chi connectivity index (χ1n) is 11.0. The smallest absolute Gasteiger partial charge is 0.00992 e. The van der Waals surface area contributed by atoms with E-state index in [1.165, 1.54) is 43.8 Å². The lowest BCUT2D eigenvalue weighted by Gasteiger charge is -2.10. The van der Waals surface area contributed by atoms with Crippen molar-refractivity contribution in [1.29, 1.82) is 0 Å². The van der Waals surface area contributed by atoms with Crippen molar-refractivity contribution in [3.05, 3.63) is 146 Å². The van der Waals surface area contributed by atoms with E-state index in [1.807, 2.05) is 12.1 Å². The van der Waals surface area contributed by atoms with Crippen LogP contribution >= 0.6 is 0 Å². The van der Waals surface area contributed by atoms with Gasteiger partial charge in [-0.05, 0) is 43.8 Å². The molecule has 0 bridgehead atoms. The molecule has 0 aliphatic rings. The van der Waals surface area contributed by atoms with E-state index in [2.05, 4.69) is 133 Å². The molecule has 0 amide bonds. The average molecular weight is 409 g/mol. The van der Waals surface area contributed by atoms with Crippen LogP contribution in [0.2, 0.25) is 0 Å². The van der Waals surface area contributed by atoms with Gasteiger partial charge in [-0.15, -0.1) is 0 Å². The van der Waals surface area contributed by atoms with Gasteiger partial charge >= 0.3 is 0 Å². The van der Waals surface area contributed by atoms with Crippen LogP contribution in [0, 0.1) is 0 Å². The van der Waals surface area contributed by atoms with Gasteiger partial charge in [-0.1, -0.05) is 146 Å². The van der Waals surface area contributed by atoms with E-state index >= 15 is 0 Å². The van der Waals surface area contributed by atoms with Gasteiger partial charge in [-0.2, -0.15) is 0 Å². The maximum Gasteiger partial charge on any atom is -0.00992 e. The molecule has 0 unspecified atom stereocenters. The Morgan fingerprint density at radius 3 is 1.03 bits per heavy atom. The molecular formula is C32H24. The zero-order chi connectivity index (χ0) is 21.6. The first-order valence-corrected chi connectivity index (χ1v) is 11.0. The summed E-state index contributed by atoms with van der Waals surface area (Å²) in [6.07, 6.45) is 0. The van der Waals surface area contributed by atoms with Gasteiger partial charge in [0.25, 0.3) is 0 Å². The van der Waals surface area contributed by atoms with Crippen molar-refractivity contribution in [2.75, 3.05) is 0 Å². The summed E-state index contributed by atoms with van der Waals surface area (Å²) >= 11 is 0. The highest BCUT2D eigenvalue weighted by atomic mass is 14.1. The third-order valence-corrected chi connectivity index (χ3v) is 5.75. The standard InChI is InChI=1S/C20H14.C12H10/c1-3-11-17-15(7-1)9-5-13-19(17)20-14-6-10-16-8-2-4-12-18(16)20;1-3-7-11(8-4-1)12-9-5-2-6-10-12/h1-14H;1-10H. The Kier molecular flexibility index (Phi) is 5.76. The summed E-state index contributed by atoms with van der Waals surface area (Å²) in [7, 11) is 0. The number of hydrogen-bond donors (Lipinski definition) is 0. The largest absolute Gasteiger partial charge is 0.0622 e. The van der Waals surface area contributed by atoms with Crippen LogP contribution in [0.1, 0.15) is 0 Å². The lowest BCUT2D eigenvalue weighted by molar-refractivity contribution is 1.62. The highest BCUT2D eigenvalue weighted by Gasteiger charge is 2.06. The molecule has 6 rings (SSSR count). The van der Waals surface area contributed by atoms with Gasteiger partial charge in [0.05, 0.1) is 0 Å². The molecule has 0 heteroatoms. The van der Waals surface area contributed by atoms with Crippen LogP contribution in [-0.4, -0.2) is 0 Å². The molecule has 0 spiro atoms. The Balaban J connectivity index is 0.000000154. The fraction of sp³-hybridized carbons (Fsp3) is 0. The second-order valence-electron chi connectivity index (χ2n) is 7.79. The van der Waals surface area contributed by atoms with Crippen LogP contribution in [0.3, 0.4) is 0 Å². The molecule has 6 aromatic rings. The SMILES string of the molecule is c1ccc(-c2ccccc2)cc1.c1ccc2c(-c3cccc4ccccc34)cccc2c1. The van der Waals surface area contributed by atoms with Crippen LogP contribution in [-0.2, 0) is 0 Å². The molecule has 0 heterocycles. The van der Waals surface area contributed by atoms with E-state index in [9.17, 15) is 0 Å². The van der Waals surface area contributed by atoms with Crippen LogP contribution < -0.4 is 0 Å². The molecule has 0 aliphatic carbocycles. The molecule has 32 heavy (non-hydrogen) atoms. The summed E-state index contributed by atoms with van der Waals surface area (Å²) in [5.74, 6) is 0. The molecule has 0 saturated heterocycles. The molecule has 0 nitrogen and oxygen atoms in total. The molecule has 0 aliphatic heterocycles. The van der Waals surface area contributed by atoms with Crippen molar-refractivity contribution in [3.8, 4) is 22.3 Å². The maximum atomic E-state index is 2.21. The number of benzene rings is 6. The maximum absolute atomic E-state index is 2.21. The molecule has 0 fully saturated rings. The van der Waals surface area contributed by atoms with Crippen LogP contribution in [0.15, 0.2) is 146 Å². The van der Waals surface area contributed by atoms with E-state index < -0.39 is 0 Å². The molecule has 6 aromatic carbocycles. The fourth-order valence-electron chi connectivity index (χ4n) is 4.18. The first kappa shape index (κ1) is 19.8. The molecule has 0 aromatic heterocycles. The Morgan fingerprint density at radius 2 is 0.594 bits per heavy atom. The Labute approximate surface area is 189 Å². The summed E-state index contributed by atoms with van der Waals surface area (Å²) in [6, 6.07) is 51.0. The third-order valence-electron chi connectivity index (χ3n) is 5.75. The average Bonchev–Trinajstić information content (AvgIpc) is 2.89. The summed E-state index contributed by atoms with van der Waals surface area (Å²) in [6.45, 7) is 0. The second kappa shape index (κ2) is 9.32. The van der Waals surface area contributed by atoms with Crippen LogP contribution in [0.4, 0.5) is 0 Å². The summed E-state index contributed by atoms with van der Waals surface area (Å²) < 4.78 is 0. The Bertz CT molecular complexity index is 1320. The van der Waals surface area contributed by atoms with Gasteiger partial charge in [-0.3, -0.25) is 0 Å². The number of hydrogen-bond acceptors (Lipinski definition) is 0. The summed E-state index contributed by atoms with van der Waals surface area (Å²) in [4.78, 5) is 0. The minimum Gasteiger partial charge on any atom is -0.0622 e. The molecule has 0 N–H and O–H groups in total. The minimum absolute atomic E-state index is 1.28. The molecule has 0 atom stereocenters. The van der Waals surface area contributed by atoms with Crippen molar-refractivity contribution >= 4 is 21.5 Å². The zero-order valence-electron chi connectivity index (χ0n) is 17.9. The van der Waals surface area contributed by atoms with Gasteiger partial charge in [0.1, 0.15) is 0 Å². The second-order valence-corrected chi connectivity index (χ2v) is 7.79. The van der Waals surface area contributed by atoms with E-state index in [1.54, 1.807) is 0 Å². The lowest BCUT2D eigenvalue weighted by atomic mass is 9.94. The summed E-state index contributed by atoms with van der Waals surface area (Å²) in [5.41, 5.74) is 5.16. The Morgan fingerprint density at radius 1 is 0.250 bits per heavy atom. The van der Waals surface area contributed by atoms with E-state index in [4.69, 9.17) is 0 Å². The van der Waals surface area contributed by atoms with Gasteiger partial charge < -0.3 is 0 Å². The zero-order valence-corrected chi connectivity index (χ0v) is 17.9. The van der Waals surface area contributed by atoms with Crippen LogP contribution in [0.5, 0.6) is 0 Å². The van der Waals surface area contributed by atoms with Crippen molar-refractivity contribution < 1.29 is 0 Å². The molecule has 152 valence electrons. The fourth-order valence-corrected chi connectivity index (χ4v) is 4.18. The van der Waals surface area contributed by atoms with E-state index in [0.29, 0.717) is 0 Å². The summed E-state index contributed by atoms with van der Waals surface area (Å²) in [5, 5.41) is 5.20. The third kappa shape index (κ3) is 4.17. The predicted molar refractivity (Wildman–Crippen MR) is 139 cm³/mol. The van der Waals surface area contributed by atoms with Crippen molar-refractivity contribution in [2.24, 2.45) is 0 Å². The van der Waals surface area contributed by atoms with E-state index in [-0.39, 0.29) is 0 Å². The van der Waals surface area contributed by atoms with Crippen molar-refractivity contribution in [2.45, 2.75) is 0 Å². The topological polar surface area (TPSA) is 0 Å². The highest BCUT2D eigenvalue weighted by Crippen LogP contribution is 2.33. The number of rotatable bonds is 2. The minimum atomic E-state index is 1.28. The van der Waals surface area contributed by atoms with Gasteiger partial charge in [0.2, 0.25) is 0 Å². The van der Waals surface area contributed by atoms with Crippen molar-refractivity contribution in [3.63, 3.8) is 0 Å². The Hall–Kier alpha value is -4.16.